The molecule has 0 amide bonds. The van der Waals surface area contributed by atoms with Crippen LogP contribution in [0.15, 0.2) is 134 Å². The van der Waals surface area contributed by atoms with Crippen molar-refractivity contribution in [2.45, 2.75) is 296 Å². The fourth-order valence-corrected chi connectivity index (χ4v) is 9.58. The summed E-state index contributed by atoms with van der Waals surface area (Å²) >= 11 is 0. The first-order chi connectivity index (χ1) is 42.6. The number of unbranched alkanes of at least 4 members (excludes halogenated alkanes) is 27. The predicted molar refractivity (Wildman–Crippen MR) is 373 cm³/mol. The topological polar surface area (TPSA) is 108 Å². The highest BCUT2D eigenvalue weighted by molar-refractivity contribution is 5.71. The average Bonchev–Trinajstić information content (AvgIpc) is 3.59. The number of aliphatic carboxylic acids is 1. The number of esters is 2. The zero-order valence-electron chi connectivity index (χ0n) is 56.6. The van der Waals surface area contributed by atoms with Crippen LogP contribution in [-0.2, 0) is 33.3 Å². The molecule has 9 heteroatoms. The molecule has 0 saturated heterocycles. The van der Waals surface area contributed by atoms with E-state index in [0.29, 0.717) is 11.0 Å². The first kappa shape index (κ1) is 82.4. The minimum absolute atomic E-state index is 0.182. The largest absolute Gasteiger partial charge is 0.477 e. The van der Waals surface area contributed by atoms with Crippen molar-refractivity contribution >= 4 is 17.9 Å². The van der Waals surface area contributed by atoms with Gasteiger partial charge in [0, 0.05) is 12.8 Å². The van der Waals surface area contributed by atoms with Crippen LogP contribution >= 0.6 is 0 Å². The van der Waals surface area contributed by atoms with Gasteiger partial charge in [-0.3, -0.25) is 9.59 Å². The van der Waals surface area contributed by atoms with Crippen molar-refractivity contribution in [2.24, 2.45) is 0 Å². The molecule has 0 saturated carbocycles. The molecule has 0 heterocycles. The Morgan fingerprint density at radius 1 is 0.345 bits per heavy atom. The molecule has 0 radical (unpaired) electrons. The van der Waals surface area contributed by atoms with E-state index in [2.05, 4.69) is 148 Å². The molecule has 0 aromatic rings. The molecular formula is C78H132NO8+. The van der Waals surface area contributed by atoms with Gasteiger partial charge >= 0.3 is 17.9 Å². The Labute approximate surface area is 535 Å². The van der Waals surface area contributed by atoms with Crippen molar-refractivity contribution in [3.05, 3.63) is 134 Å². The number of ether oxygens (including phenoxy) is 4. The maximum atomic E-state index is 12.9. The number of likely N-dealkylation sites (N-methyl/N-ethyl adjacent to an activating group) is 1. The summed E-state index contributed by atoms with van der Waals surface area (Å²) in [6.07, 6.45) is 94.3. The molecule has 9 nitrogen and oxygen atoms in total. The molecule has 0 aliphatic rings. The van der Waals surface area contributed by atoms with Crippen molar-refractivity contribution in [1.29, 1.82) is 0 Å². The Morgan fingerprint density at radius 2 is 0.621 bits per heavy atom. The van der Waals surface area contributed by atoms with E-state index in [0.717, 1.165) is 122 Å². The number of carboxylic acid groups (broad SMARTS) is 1. The van der Waals surface area contributed by atoms with E-state index in [4.69, 9.17) is 18.9 Å². The van der Waals surface area contributed by atoms with Gasteiger partial charge in [-0.2, -0.15) is 0 Å². The molecule has 0 aromatic heterocycles. The highest BCUT2D eigenvalue weighted by atomic mass is 16.7. The fraction of sp³-hybridized carbons (Fsp3) is 0.679. The summed E-state index contributed by atoms with van der Waals surface area (Å²) in [5, 5.41) is 9.74. The van der Waals surface area contributed by atoms with Gasteiger partial charge in [-0.25, -0.2) is 4.79 Å². The molecule has 0 aliphatic carbocycles. The number of hydrogen-bond acceptors (Lipinski definition) is 7. The monoisotopic (exact) mass is 1210 g/mol. The summed E-state index contributed by atoms with van der Waals surface area (Å²) in [7, 11) is 5.97. The standard InChI is InChI=1S/C78H131NO8/c1-6-8-10-12-14-16-18-20-22-24-26-28-29-30-31-32-33-34-35-36-37-38-39-40-41-42-43-44-45-46-47-49-51-53-55-57-59-61-63-65-67-69-76(81)87-74(73-86-78(77(82)83)84-71-70-79(3,4)5)72-85-75(80)68-66-64-62-60-58-56-54-52-50-48-27-25-23-21-19-17-15-13-11-9-7-2/h8-11,14-17,20-23,26-28,30-31,33-34,36-37,48,74,78H,6-7,12-13,18-19,24-25,29,32,35,38-47,49-73H2,1-5H3/p+1/b10-8-,11-9-,16-14-,17-15-,22-20-,23-21-,28-26-,31-30-,34-33-,37-36-,48-27-. The lowest BCUT2D eigenvalue weighted by atomic mass is 10.0. The van der Waals surface area contributed by atoms with Gasteiger partial charge in [-0.15, -0.1) is 0 Å². The summed E-state index contributed by atoms with van der Waals surface area (Å²) in [5.74, 6) is -2.01. The molecule has 0 spiro atoms. The highest BCUT2D eigenvalue weighted by Gasteiger charge is 2.25. The van der Waals surface area contributed by atoms with E-state index in [1.165, 1.54) is 135 Å². The molecule has 2 atom stereocenters. The van der Waals surface area contributed by atoms with Crippen LogP contribution in [0.1, 0.15) is 284 Å². The van der Waals surface area contributed by atoms with E-state index in [9.17, 15) is 19.5 Å². The van der Waals surface area contributed by atoms with Crippen molar-refractivity contribution in [3.8, 4) is 0 Å². The van der Waals surface area contributed by atoms with Gasteiger partial charge < -0.3 is 28.5 Å². The maximum Gasteiger partial charge on any atom is 0.361 e. The van der Waals surface area contributed by atoms with Crippen LogP contribution < -0.4 is 0 Å². The lowest BCUT2D eigenvalue weighted by molar-refractivity contribution is -0.870. The Morgan fingerprint density at radius 3 is 0.920 bits per heavy atom. The van der Waals surface area contributed by atoms with Crippen LogP contribution in [-0.4, -0.2) is 87.4 Å². The minimum atomic E-state index is -1.52. The number of carbonyl (C=O) groups is 3. The van der Waals surface area contributed by atoms with Gasteiger partial charge in [0.2, 0.25) is 0 Å². The number of hydrogen-bond donors (Lipinski definition) is 1. The van der Waals surface area contributed by atoms with Crippen LogP contribution in [0.3, 0.4) is 0 Å². The molecule has 1 N–H and O–H groups in total. The van der Waals surface area contributed by atoms with Crippen molar-refractivity contribution < 1.29 is 42.9 Å². The maximum absolute atomic E-state index is 12.9. The molecule has 2 unspecified atom stereocenters. The normalized spacial score (nSPS) is 13.5. The van der Waals surface area contributed by atoms with Gasteiger partial charge in [-0.1, -0.05) is 295 Å². The SMILES string of the molecule is CC/C=C\C/C=C\C/C=C\C/C=C\C/C=C\C/C=C\C/C=C\CCCCCCCCCCCCCCCCCCCCCC(=O)OC(COC(=O)CCCCCCCCCC/C=C\C/C=C\C/C=C\C/C=C\CC)COC(OCC[N+](C)(C)C)C(=O)O. The first-order valence-corrected chi connectivity index (χ1v) is 35.3. The zero-order valence-corrected chi connectivity index (χ0v) is 56.6. The molecule has 0 rings (SSSR count). The Hall–Kier alpha value is -4.57. The van der Waals surface area contributed by atoms with E-state index in [-0.39, 0.29) is 38.6 Å². The molecular weight excluding hydrogens is 1080 g/mol. The summed E-state index contributed by atoms with van der Waals surface area (Å²) < 4.78 is 23.0. The minimum Gasteiger partial charge on any atom is -0.477 e. The van der Waals surface area contributed by atoms with Crippen molar-refractivity contribution in [1.82, 2.24) is 0 Å². The lowest BCUT2D eigenvalue weighted by Crippen LogP contribution is -2.40. The average molecular weight is 1210 g/mol. The third kappa shape index (κ3) is 68.8. The summed E-state index contributed by atoms with van der Waals surface area (Å²) in [6.45, 7) is 4.65. The van der Waals surface area contributed by atoms with Crippen LogP contribution in [0.4, 0.5) is 0 Å². The van der Waals surface area contributed by atoms with Crippen LogP contribution in [0, 0.1) is 0 Å². The number of carbonyl (C=O) groups excluding carboxylic acids is 2. The van der Waals surface area contributed by atoms with Gasteiger partial charge in [0.1, 0.15) is 13.2 Å². The molecule has 0 fully saturated rings. The second-order valence-corrected chi connectivity index (χ2v) is 24.4. The van der Waals surface area contributed by atoms with Crippen LogP contribution in [0.25, 0.3) is 0 Å². The highest BCUT2D eigenvalue weighted by Crippen LogP contribution is 2.17. The summed E-state index contributed by atoms with van der Waals surface area (Å²) in [6, 6.07) is 0. The van der Waals surface area contributed by atoms with Gasteiger partial charge in [-0.05, 0) is 109 Å². The van der Waals surface area contributed by atoms with E-state index in [1.807, 2.05) is 21.1 Å². The summed E-state index contributed by atoms with van der Waals surface area (Å²) in [5.41, 5.74) is 0. The first-order valence-electron chi connectivity index (χ1n) is 35.3. The van der Waals surface area contributed by atoms with Crippen LogP contribution in [0.5, 0.6) is 0 Å². The predicted octanol–water partition coefficient (Wildman–Crippen LogP) is 22.1. The summed E-state index contributed by atoms with van der Waals surface area (Å²) in [4.78, 5) is 37.6. The number of nitrogens with zero attached hydrogens (tertiary/aromatic N) is 1. The second kappa shape index (κ2) is 67.4. The van der Waals surface area contributed by atoms with Gasteiger partial charge in [0.05, 0.1) is 34.4 Å². The molecule has 87 heavy (non-hydrogen) atoms. The van der Waals surface area contributed by atoms with E-state index in [1.54, 1.807) is 0 Å². The van der Waals surface area contributed by atoms with Gasteiger partial charge in [0.15, 0.2) is 6.10 Å². The molecule has 496 valence electrons. The number of rotatable bonds is 64. The lowest BCUT2D eigenvalue weighted by Gasteiger charge is -2.25. The zero-order chi connectivity index (χ0) is 63.3. The Balaban J connectivity index is 4.05. The third-order valence-corrected chi connectivity index (χ3v) is 14.9. The Kier molecular flexibility index (Phi) is 63.8. The smallest absolute Gasteiger partial charge is 0.361 e. The number of carboxylic acids is 1. The molecule has 0 bridgehead atoms. The Bertz CT molecular complexity index is 1890. The van der Waals surface area contributed by atoms with Gasteiger partial charge in [0.25, 0.3) is 6.29 Å². The van der Waals surface area contributed by atoms with Crippen molar-refractivity contribution in [3.63, 3.8) is 0 Å². The fourth-order valence-electron chi connectivity index (χ4n) is 9.58. The van der Waals surface area contributed by atoms with E-state index >= 15 is 0 Å². The molecule has 0 aliphatic heterocycles. The van der Waals surface area contributed by atoms with Crippen LogP contribution in [0.2, 0.25) is 0 Å². The number of quaternary nitrogens is 1. The number of allylic oxidation sites excluding steroid dienone is 22. The molecule has 0 aromatic carbocycles. The quantitative estimate of drug-likeness (QED) is 0.0211. The van der Waals surface area contributed by atoms with E-state index < -0.39 is 24.3 Å². The third-order valence-electron chi connectivity index (χ3n) is 14.9. The van der Waals surface area contributed by atoms with Crippen molar-refractivity contribution in [2.75, 3.05) is 47.5 Å². The second-order valence-electron chi connectivity index (χ2n) is 24.4.